The van der Waals surface area contributed by atoms with Crippen molar-refractivity contribution in [3.05, 3.63) is 30.1 Å². The van der Waals surface area contributed by atoms with Crippen molar-refractivity contribution >= 4 is 0 Å². The first-order chi connectivity index (χ1) is 5.42. The Morgan fingerprint density at radius 1 is 1.55 bits per heavy atom. The number of hydrogen-bond donors (Lipinski definition) is 0. The molecule has 1 heteroatoms. The van der Waals surface area contributed by atoms with Crippen LogP contribution in [0.25, 0.3) is 0 Å². The second-order valence-electron chi connectivity index (χ2n) is 3.27. The van der Waals surface area contributed by atoms with Gasteiger partial charge in [-0.1, -0.05) is 19.4 Å². The van der Waals surface area contributed by atoms with Crippen LogP contribution in [0.15, 0.2) is 24.4 Å². The molecule has 0 spiro atoms. The largest absolute Gasteiger partial charge is 0.261 e. The van der Waals surface area contributed by atoms with E-state index in [1.165, 1.54) is 18.5 Å². The second kappa shape index (κ2) is 2.65. The van der Waals surface area contributed by atoms with E-state index in [9.17, 15) is 0 Å². The molecule has 11 heavy (non-hydrogen) atoms. The first-order valence-electron chi connectivity index (χ1n) is 4.32. The molecule has 1 aromatic heterocycles. The molecule has 0 amide bonds. The summed E-state index contributed by atoms with van der Waals surface area (Å²) < 4.78 is 0. The topological polar surface area (TPSA) is 12.9 Å². The summed E-state index contributed by atoms with van der Waals surface area (Å²) in [5.74, 6) is 1.70. The van der Waals surface area contributed by atoms with E-state index in [1.54, 1.807) is 0 Å². The highest BCUT2D eigenvalue weighted by Crippen LogP contribution is 2.48. The zero-order chi connectivity index (χ0) is 7.68. The minimum Gasteiger partial charge on any atom is -0.261 e. The lowest BCUT2D eigenvalue weighted by Crippen LogP contribution is -1.85. The number of hydrogen-bond acceptors (Lipinski definition) is 1. The Morgan fingerprint density at radius 3 is 3.00 bits per heavy atom. The normalized spacial score (nSPS) is 28.5. The fourth-order valence-electron chi connectivity index (χ4n) is 1.66. The molecule has 0 aromatic carbocycles. The molecule has 0 saturated heterocycles. The van der Waals surface area contributed by atoms with E-state index >= 15 is 0 Å². The Labute approximate surface area is 67.5 Å². The minimum absolute atomic E-state index is 0.779. The van der Waals surface area contributed by atoms with Crippen LogP contribution in [-0.2, 0) is 0 Å². The fraction of sp³-hybridized carbons (Fsp3) is 0.500. The Kier molecular flexibility index (Phi) is 1.65. The zero-order valence-electron chi connectivity index (χ0n) is 6.83. The average molecular weight is 147 g/mol. The molecule has 0 N–H and O–H groups in total. The molecule has 1 aliphatic rings. The van der Waals surface area contributed by atoms with E-state index in [1.807, 2.05) is 12.3 Å². The molecule has 0 unspecified atom stereocenters. The van der Waals surface area contributed by atoms with Gasteiger partial charge in [-0.05, 0) is 24.5 Å². The predicted octanol–water partition coefficient (Wildman–Crippen LogP) is 2.60. The molecule has 0 aliphatic heterocycles. The summed E-state index contributed by atoms with van der Waals surface area (Å²) >= 11 is 0. The van der Waals surface area contributed by atoms with Gasteiger partial charge in [-0.2, -0.15) is 0 Å². The summed E-state index contributed by atoms with van der Waals surface area (Å²) in [4.78, 5) is 4.34. The third kappa shape index (κ3) is 1.28. The molecule has 58 valence electrons. The van der Waals surface area contributed by atoms with Crippen molar-refractivity contribution in [2.75, 3.05) is 0 Å². The van der Waals surface area contributed by atoms with Crippen LogP contribution in [0.1, 0.15) is 31.4 Å². The van der Waals surface area contributed by atoms with Crippen molar-refractivity contribution < 1.29 is 0 Å². The molecule has 1 aromatic rings. The third-order valence-corrected chi connectivity index (χ3v) is 2.51. The maximum Gasteiger partial charge on any atom is 0.0437 e. The molecule has 1 saturated carbocycles. The highest BCUT2D eigenvalue weighted by atomic mass is 14.7. The molecule has 2 rings (SSSR count). The maximum absolute atomic E-state index is 4.34. The standard InChI is InChI=1S/C10H13N/c1-2-8-7-9(8)10-5-3-4-6-11-10/h3-6,8-9H,2,7H2,1H3/t8-,9+/m1/s1. The quantitative estimate of drug-likeness (QED) is 0.626. The van der Waals surface area contributed by atoms with Gasteiger partial charge in [-0.3, -0.25) is 4.98 Å². The van der Waals surface area contributed by atoms with Crippen LogP contribution < -0.4 is 0 Å². The Balaban J connectivity index is 2.09. The number of pyridine rings is 1. The van der Waals surface area contributed by atoms with Gasteiger partial charge in [0.05, 0.1) is 0 Å². The Morgan fingerprint density at radius 2 is 2.45 bits per heavy atom. The van der Waals surface area contributed by atoms with Crippen LogP contribution in [0.2, 0.25) is 0 Å². The van der Waals surface area contributed by atoms with Crippen molar-refractivity contribution in [1.82, 2.24) is 4.98 Å². The fourth-order valence-corrected chi connectivity index (χ4v) is 1.66. The Hall–Kier alpha value is -0.850. The number of rotatable bonds is 2. The maximum atomic E-state index is 4.34. The van der Waals surface area contributed by atoms with E-state index in [-0.39, 0.29) is 0 Å². The van der Waals surface area contributed by atoms with Crippen molar-refractivity contribution in [2.24, 2.45) is 5.92 Å². The molecular formula is C10H13N. The lowest BCUT2D eigenvalue weighted by molar-refractivity contribution is 0.756. The van der Waals surface area contributed by atoms with Crippen LogP contribution in [0.3, 0.4) is 0 Å². The number of nitrogens with zero attached hydrogens (tertiary/aromatic N) is 1. The molecule has 1 fully saturated rings. The van der Waals surface area contributed by atoms with Gasteiger partial charge < -0.3 is 0 Å². The first kappa shape index (κ1) is 6.84. The van der Waals surface area contributed by atoms with Crippen molar-refractivity contribution in [3.8, 4) is 0 Å². The lowest BCUT2D eigenvalue weighted by atomic mass is 10.2. The van der Waals surface area contributed by atoms with E-state index < -0.39 is 0 Å². The van der Waals surface area contributed by atoms with Crippen LogP contribution in [0, 0.1) is 5.92 Å². The highest BCUT2D eigenvalue weighted by molar-refractivity contribution is 5.17. The molecule has 1 nitrogen and oxygen atoms in total. The molecule has 0 bridgehead atoms. The zero-order valence-corrected chi connectivity index (χ0v) is 6.83. The SMILES string of the molecule is CC[C@@H]1C[C@@H]1c1ccccn1. The predicted molar refractivity (Wildman–Crippen MR) is 45.4 cm³/mol. The van der Waals surface area contributed by atoms with Gasteiger partial charge >= 0.3 is 0 Å². The van der Waals surface area contributed by atoms with Gasteiger partial charge in [0.15, 0.2) is 0 Å². The first-order valence-corrected chi connectivity index (χ1v) is 4.32. The minimum atomic E-state index is 0.779. The van der Waals surface area contributed by atoms with Crippen molar-refractivity contribution in [3.63, 3.8) is 0 Å². The summed E-state index contributed by atoms with van der Waals surface area (Å²) in [6.45, 7) is 2.26. The average Bonchev–Trinajstić information content (AvgIpc) is 2.85. The summed E-state index contributed by atoms with van der Waals surface area (Å²) in [6.07, 6.45) is 4.55. The van der Waals surface area contributed by atoms with Crippen LogP contribution in [0.5, 0.6) is 0 Å². The molecule has 0 radical (unpaired) electrons. The Bertz CT molecular complexity index is 230. The summed E-state index contributed by atoms with van der Waals surface area (Å²) in [7, 11) is 0. The molecule has 1 heterocycles. The van der Waals surface area contributed by atoms with Gasteiger partial charge in [0.1, 0.15) is 0 Å². The highest BCUT2D eigenvalue weighted by Gasteiger charge is 2.37. The van der Waals surface area contributed by atoms with Crippen LogP contribution in [-0.4, -0.2) is 4.98 Å². The number of aromatic nitrogens is 1. The van der Waals surface area contributed by atoms with Gasteiger partial charge in [-0.15, -0.1) is 0 Å². The molecular weight excluding hydrogens is 134 g/mol. The monoisotopic (exact) mass is 147 g/mol. The van der Waals surface area contributed by atoms with E-state index in [4.69, 9.17) is 0 Å². The van der Waals surface area contributed by atoms with Gasteiger partial charge in [0.2, 0.25) is 0 Å². The van der Waals surface area contributed by atoms with Crippen molar-refractivity contribution in [1.29, 1.82) is 0 Å². The molecule has 2 atom stereocenters. The summed E-state index contributed by atoms with van der Waals surface area (Å²) in [5.41, 5.74) is 1.29. The second-order valence-corrected chi connectivity index (χ2v) is 3.27. The third-order valence-electron chi connectivity index (χ3n) is 2.51. The smallest absolute Gasteiger partial charge is 0.0437 e. The van der Waals surface area contributed by atoms with Crippen LogP contribution >= 0.6 is 0 Å². The summed E-state index contributed by atoms with van der Waals surface area (Å²) in [5, 5.41) is 0. The van der Waals surface area contributed by atoms with Crippen LogP contribution in [0.4, 0.5) is 0 Å². The van der Waals surface area contributed by atoms with Crippen molar-refractivity contribution in [2.45, 2.75) is 25.7 Å². The van der Waals surface area contributed by atoms with E-state index in [0.717, 1.165) is 11.8 Å². The molecule has 1 aliphatic carbocycles. The van der Waals surface area contributed by atoms with E-state index in [0.29, 0.717) is 0 Å². The van der Waals surface area contributed by atoms with Gasteiger partial charge in [0.25, 0.3) is 0 Å². The lowest BCUT2D eigenvalue weighted by Gasteiger charge is -1.95. The van der Waals surface area contributed by atoms with Gasteiger partial charge in [-0.25, -0.2) is 0 Å². The van der Waals surface area contributed by atoms with Gasteiger partial charge in [0, 0.05) is 17.8 Å². The summed E-state index contributed by atoms with van der Waals surface area (Å²) in [6, 6.07) is 6.19. The van der Waals surface area contributed by atoms with E-state index in [2.05, 4.69) is 24.0 Å².